The maximum Gasteiger partial charge on any atom is 0.319 e. The number of carboxylic acid groups (broad SMARTS) is 1. The van der Waals surface area contributed by atoms with Crippen molar-refractivity contribution in [2.24, 2.45) is 0 Å². The molecule has 3 rings (SSSR count). The lowest BCUT2D eigenvalue weighted by Gasteiger charge is -2.19. The van der Waals surface area contributed by atoms with Crippen molar-refractivity contribution < 1.29 is 19.8 Å². The number of benzene rings is 2. The Kier molecular flexibility index (Phi) is 8.54. The van der Waals surface area contributed by atoms with Crippen LogP contribution < -0.4 is 16.2 Å². The summed E-state index contributed by atoms with van der Waals surface area (Å²) >= 11 is 5.95. The molecule has 2 aromatic carbocycles. The number of anilines is 1. The Morgan fingerprint density at radius 3 is 2.34 bits per heavy atom. The molecule has 0 saturated carbocycles. The first-order chi connectivity index (χ1) is 16.7. The normalized spacial score (nSPS) is 11.6. The van der Waals surface area contributed by atoms with Crippen molar-refractivity contribution in [1.82, 2.24) is 9.88 Å². The number of nitrogens with zero attached hydrogens (tertiary/aromatic N) is 1. The van der Waals surface area contributed by atoms with Gasteiger partial charge in [-0.2, -0.15) is 0 Å². The van der Waals surface area contributed by atoms with Crippen molar-refractivity contribution in [3.63, 3.8) is 0 Å². The third kappa shape index (κ3) is 6.86. The summed E-state index contributed by atoms with van der Waals surface area (Å²) < 4.78 is 1.41. The summed E-state index contributed by atoms with van der Waals surface area (Å²) in [6, 6.07) is 12.5. The van der Waals surface area contributed by atoms with Crippen LogP contribution in [0.2, 0.25) is 5.02 Å². The molecular formula is C26H28ClN3O5. The number of halogens is 1. The second-order valence-corrected chi connectivity index (χ2v) is 8.78. The Morgan fingerprint density at radius 1 is 1.09 bits per heavy atom. The van der Waals surface area contributed by atoms with Gasteiger partial charge < -0.3 is 25.4 Å². The molecule has 2 amide bonds. The number of aryl methyl sites for hydroxylation is 2. The van der Waals surface area contributed by atoms with Crippen molar-refractivity contribution >= 4 is 29.3 Å². The van der Waals surface area contributed by atoms with Gasteiger partial charge in [-0.1, -0.05) is 66.9 Å². The molecular weight excluding hydrogens is 470 g/mol. The molecule has 0 aliphatic rings. The Labute approximate surface area is 208 Å². The average Bonchev–Trinajstić information content (AvgIpc) is 2.81. The number of carbonyl (C=O) groups excluding carboxylic acids is 1. The van der Waals surface area contributed by atoms with Gasteiger partial charge in [0, 0.05) is 16.8 Å². The van der Waals surface area contributed by atoms with E-state index in [4.69, 9.17) is 11.6 Å². The SMILES string of the molecule is CCCc1cn(Cc2ccc(Cl)cc2)c(=O)c(NC(=O)N[C@@H](CC(=O)O)c2ccc(C)cc2)c1O. The maximum atomic E-state index is 13.2. The molecule has 9 heteroatoms. The Morgan fingerprint density at radius 2 is 1.74 bits per heavy atom. The summed E-state index contributed by atoms with van der Waals surface area (Å²) in [4.78, 5) is 37.4. The Bertz CT molecular complexity index is 1250. The molecule has 0 unspecified atom stereocenters. The van der Waals surface area contributed by atoms with Gasteiger partial charge in [-0.25, -0.2) is 4.79 Å². The van der Waals surface area contributed by atoms with Crippen LogP contribution >= 0.6 is 11.6 Å². The van der Waals surface area contributed by atoms with E-state index in [0.29, 0.717) is 29.0 Å². The zero-order valence-electron chi connectivity index (χ0n) is 19.5. The minimum absolute atomic E-state index is 0.217. The summed E-state index contributed by atoms with van der Waals surface area (Å²) in [7, 11) is 0. The van der Waals surface area contributed by atoms with Gasteiger partial charge in [0.25, 0.3) is 5.56 Å². The van der Waals surface area contributed by atoms with Gasteiger partial charge in [-0.15, -0.1) is 0 Å². The number of carbonyl (C=O) groups is 2. The fraction of sp³-hybridized carbons (Fsp3) is 0.269. The molecule has 0 aliphatic heterocycles. The lowest BCUT2D eigenvalue weighted by atomic mass is 10.0. The topological polar surface area (TPSA) is 121 Å². The first-order valence-corrected chi connectivity index (χ1v) is 11.6. The number of aliphatic carboxylic acids is 1. The molecule has 3 aromatic rings. The molecule has 8 nitrogen and oxygen atoms in total. The molecule has 0 aliphatic carbocycles. The first-order valence-electron chi connectivity index (χ1n) is 11.2. The summed E-state index contributed by atoms with van der Waals surface area (Å²) in [5, 5.41) is 25.7. The second-order valence-electron chi connectivity index (χ2n) is 8.35. The molecule has 0 radical (unpaired) electrons. The van der Waals surface area contributed by atoms with Gasteiger partial charge in [0.05, 0.1) is 19.0 Å². The lowest BCUT2D eigenvalue weighted by molar-refractivity contribution is -0.137. The molecule has 1 atom stereocenters. The molecule has 184 valence electrons. The van der Waals surface area contributed by atoms with Crippen LogP contribution in [0.1, 0.15) is 48.1 Å². The molecule has 1 heterocycles. The maximum absolute atomic E-state index is 13.2. The van der Waals surface area contributed by atoms with Crippen molar-refractivity contribution in [3.8, 4) is 5.75 Å². The minimum Gasteiger partial charge on any atom is -0.505 e. The van der Waals surface area contributed by atoms with E-state index in [1.54, 1.807) is 42.6 Å². The highest BCUT2D eigenvalue weighted by Crippen LogP contribution is 2.26. The highest BCUT2D eigenvalue weighted by molar-refractivity contribution is 6.30. The minimum atomic E-state index is -1.09. The largest absolute Gasteiger partial charge is 0.505 e. The van der Waals surface area contributed by atoms with Crippen LogP contribution in [-0.4, -0.2) is 26.8 Å². The number of aromatic nitrogens is 1. The van der Waals surface area contributed by atoms with Gasteiger partial charge in [-0.05, 0) is 36.6 Å². The fourth-order valence-corrected chi connectivity index (χ4v) is 3.84. The second kappa shape index (κ2) is 11.6. The highest BCUT2D eigenvalue weighted by Gasteiger charge is 2.21. The molecule has 0 bridgehead atoms. The van der Waals surface area contributed by atoms with Crippen LogP contribution in [0.3, 0.4) is 0 Å². The number of pyridine rings is 1. The molecule has 0 saturated heterocycles. The Hall–Kier alpha value is -3.78. The summed E-state index contributed by atoms with van der Waals surface area (Å²) in [6.07, 6.45) is 2.44. The zero-order chi connectivity index (χ0) is 25.5. The van der Waals surface area contributed by atoms with Crippen LogP contribution in [0.4, 0.5) is 10.5 Å². The van der Waals surface area contributed by atoms with Gasteiger partial charge in [0.1, 0.15) is 5.75 Å². The molecule has 0 fully saturated rings. The smallest absolute Gasteiger partial charge is 0.319 e. The van der Waals surface area contributed by atoms with Crippen LogP contribution in [-0.2, 0) is 17.8 Å². The molecule has 35 heavy (non-hydrogen) atoms. The van der Waals surface area contributed by atoms with Crippen LogP contribution in [0, 0.1) is 6.92 Å². The van der Waals surface area contributed by atoms with E-state index < -0.39 is 23.6 Å². The summed E-state index contributed by atoms with van der Waals surface area (Å²) in [5.74, 6) is -1.39. The van der Waals surface area contributed by atoms with Crippen molar-refractivity contribution in [2.75, 3.05) is 5.32 Å². The number of aromatic hydroxyl groups is 1. The third-order valence-corrected chi connectivity index (χ3v) is 5.77. The third-order valence-electron chi connectivity index (χ3n) is 5.52. The van der Waals surface area contributed by atoms with E-state index in [-0.39, 0.29) is 24.4 Å². The molecule has 0 spiro atoms. The van der Waals surface area contributed by atoms with Crippen LogP contribution in [0.5, 0.6) is 5.75 Å². The first kappa shape index (κ1) is 25.8. The number of urea groups is 1. The van der Waals surface area contributed by atoms with E-state index in [1.807, 2.05) is 26.0 Å². The Balaban J connectivity index is 1.90. The molecule has 1 aromatic heterocycles. The van der Waals surface area contributed by atoms with E-state index >= 15 is 0 Å². The van der Waals surface area contributed by atoms with Crippen molar-refractivity contribution in [2.45, 2.75) is 45.7 Å². The van der Waals surface area contributed by atoms with Crippen LogP contribution in [0.25, 0.3) is 0 Å². The predicted molar refractivity (Wildman–Crippen MR) is 135 cm³/mol. The van der Waals surface area contributed by atoms with E-state index in [0.717, 1.165) is 11.1 Å². The van der Waals surface area contributed by atoms with Crippen molar-refractivity contribution in [3.05, 3.63) is 92.4 Å². The number of carboxylic acids is 1. The number of hydrogen-bond donors (Lipinski definition) is 4. The van der Waals surface area contributed by atoms with Crippen LogP contribution in [0.15, 0.2) is 59.5 Å². The molecule has 4 N–H and O–H groups in total. The lowest BCUT2D eigenvalue weighted by Crippen LogP contribution is -2.36. The zero-order valence-corrected chi connectivity index (χ0v) is 20.3. The average molecular weight is 498 g/mol. The van der Waals surface area contributed by atoms with Crippen molar-refractivity contribution in [1.29, 1.82) is 0 Å². The highest BCUT2D eigenvalue weighted by atomic mass is 35.5. The fourth-order valence-electron chi connectivity index (χ4n) is 3.72. The van der Waals surface area contributed by atoms with E-state index in [2.05, 4.69) is 10.6 Å². The van der Waals surface area contributed by atoms with Gasteiger partial charge in [0.2, 0.25) is 0 Å². The van der Waals surface area contributed by atoms with Gasteiger partial charge in [-0.3, -0.25) is 9.59 Å². The summed E-state index contributed by atoms with van der Waals surface area (Å²) in [5.41, 5.74) is 2.08. The number of hydrogen-bond acceptors (Lipinski definition) is 4. The van der Waals surface area contributed by atoms with E-state index in [1.165, 1.54) is 4.57 Å². The quantitative estimate of drug-likeness (QED) is 0.336. The van der Waals surface area contributed by atoms with Gasteiger partial charge in [0.15, 0.2) is 5.69 Å². The van der Waals surface area contributed by atoms with Gasteiger partial charge >= 0.3 is 12.0 Å². The number of amides is 2. The standard InChI is InChI=1S/C26H28ClN3O5/c1-3-4-19-15-30(14-17-7-11-20(27)12-8-17)25(34)23(24(19)33)29-26(35)28-21(13-22(31)32)18-9-5-16(2)6-10-18/h5-12,15,21,33H,3-4,13-14H2,1-2H3,(H,31,32)(H2,28,29,35)/t21-/m0/s1. The monoisotopic (exact) mass is 497 g/mol. The number of nitrogens with one attached hydrogen (secondary N) is 2. The summed E-state index contributed by atoms with van der Waals surface area (Å²) in [6.45, 7) is 4.05. The van der Waals surface area contributed by atoms with E-state index in [9.17, 15) is 24.6 Å². The predicted octanol–water partition coefficient (Wildman–Crippen LogP) is 4.85. The number of rotatable bonds is 9.